The number of fused-ring (bicyclic) bond motifs is 1. The Bertz CT molecular complexity index is 1000. The molecule has 3 atom stereocenters. The number of benzene rings is 1. The highest BCUT2D eigenvalue weighted by Crippen LogP contribution is 2.39. The molecule has 0 saturated carbocycles. The molecule has 2 aromatic rings. The molecule has 31 heavy (non-hydrogen) atoms. The van der Waals surface area contributed by atoms with E-state index >= 15 is 0 Å². The van der Waals surface area contributed by atoms with E-state index in [1.54, 1.807) is 31.0 Å². The van der Waals surface area contributed by atoms with Gasteiger partial charge in [-0.15, -0.1) is 5.10 Å². The molecule has 10 nitrogen and oxygen atoms in total. The number of alkyl carbamates (subject to hydrolysis) is 1. The minimum absolute atomic E-state index is 0.0917. The summed E-state index contributed by atoms with van der Waals surface area (Å²) in [6.07, 6.45) is 1.30. The molecule has 166 valence electrons. The lowest BCUT2D eigenvalue weighted by Gasteiger charge is -2.39. The van der Waals surface area contributed by atoms with Crippen LogP contribution in [0.1, 0.15) is 58.7 Å². The number of amides is 2. The Morgan fingerprint density at radius 1 is 1.26 bits per heavy atom. The number of nitrogens with zero attached hydrogens (tertiary/aromatic N) is 4. The van der Waals surface area contributed by atoms with E-state index in [0.29, 0.717) is 23.4 Å². The van der Waals surface area contributed by atoms with Gasteiger partial charge in [0.1, 0.15) is 11.7 Å². The summed E-state index contributed by atoms with van der Waals surface area (Å²) in [5.74, 6) is -1.10. The van der Waals surface area contributed by atoms with Gasteiger partial charge in [0.15, 0.2) is 0 Å². The number of carboxylic acids is 1. The van der Waals surface area contributed by atoms with E-state index < -0.39 is 18.1 Å². The maximum atomic E-state index is 12.3. The second kappa shape index (κ2) is 8.75. The number of aliphatic carboxylic acids is 1. The summed E-state index contributed by atoms with van der Waals surface area (Å²) in [7, 11) is 0. The van der Waals surface area contributed by atoms with E-state index in [-0.39, 0.29) is 24.1 Å². The third-order valence-corrected chi connectivity index (χ3v) is 5.21. The van der Waals surface area contributed by atoms with E-state index in [1.165, 1.54) is 18.5 Å². The zero-order valence-corrected chi connectivity index (χ0v) is 18.2. The number of anilines is 1. The number of carboxylic acid groups (broad SMARTS) is 1. The van der Waals surface area contributed by atoms with E-state index in [4.69, 9.17) is 4.74 Å². The third-order valence-electron chi connectivity index (χ3n) is 5.21. The number of hydrogen-bond donors (Lipinski definition) is 2. The van der Waals surface area contributed by atoms with E-state index in [0.717, 1.165) is 5.56 Å². The standard InChI is InChI=1S/C21H27N5O5/c1-11(2)31-21(30)22-17-8-12(3)26(14(5)27)19-7-6-15(9-16(17)19)18-10-25(24-23-18)13(4)20(28)29/h6-7,9-13,17H,8H2,1-5H3,(H,22,30)(H,28,29)/t12-,13?,17+/m0/s1. The highest BCUT2D eigenvalue weighted by molar-refractivity contribution is 5.94. The van der Waals surface area contributed by atoms with Gasteiger partial charge in [0, 0.05) is 24.2 Å². The van der Waals surface area contributed by atoms with Crippen LogP contribution in [0.3, 0.4) is 0 Å². The molecule has 0 saturated heterocycles. The van der Waals surface area contributed by atoms with Crippen LogP contribution in [0.5, 0.6) is 0 Å². The maximum Gasteiger partial charge on any atom is 0.407 e. The molecule has 10 heteroatoms. The molecule has 1 aliphatic rings. The van der Waals surface area contributed by atoms with Gasteiger partial charge in [0.2, 0.25) is 5.91 Å². The fourth-order valence-electron chi connectivity index (χ4n) is 3.74. The van der Waals surface area contributed by atoms with E-state index in [9.17, 15) is 19.5 Å². The van der Waals surface area contributed by atoms with Gasteiger partial charge in [-0.2, -0.15) is 0 Å². The van der Waals surface area contributed by atoms with Crippen LogP contribution >= 0.6 is 0 Å². The van der Waals surface area contributed by atoms with E-state index in [2.05, 4.69) is 15.6 Å². The van der Waals surface area contributed by atoms with Crippen molar-refractivity contribution in [2.75, 3.05) is 4.90 Å². The summed E-state index contributed by atoms with van der Waals surface area (Å²) in [6.45, 7) is 8.50. The summed E-state index contributed by atoms with van der Waals surface area (Å²) < 4.78 is 6.51. The first-order valence-corrected chi connectivity index (χ1v) is 10.1. The van der Waals surface area contributed by atoms with Gasteiger partial charge in [-0.1, -0.05) is 11.3 Å². The third kappa shape index (κ3) is 4.68. The smallest absolute Gasteiger partial charge is 0.407 e. The molecule has 1 aromatic carbocycles. The molecule has 0 fully saturated rings. The fraction of sp³-hybridized carbons (Fsp3) is 0.476. The van der Waals surface area contributed by atoms with Gasteiger partial charge in [0.25, 0.3) is 0 Å². The second-order valence-electron chi connectivity index (χ2n) is 8.00. The van der Waals surface area contributed by atoms with Crippen LogP contribution in [0.4, 0.5) is 10.5 Å². The maximum absolute atomic E-state index is 12.3. The molecule has 3 rings (SSSR count). The molecular weight excluding hydrogens is 402 g/mol. The number of aromatic nitrogens is 3. The summed E-state index contributed by atoms with van der Waals surface area (Å²) >= 11 is 0. The molecule has 0 radical (unpaired) electrons. The Kier molecular flexibility index (Phi) is 6.28. The first-order chi connectivity index (χ1) is 14.6. The fourth-order valence-corrected chi connectivity index (χ4v) is 3.74. The Hall–Kier alpha value is -3.43. The van der Waals surface area contributed by atoms with Crippen molar-refractivity contribution in [3.63, 3.8) is 0 Å². The van der Waals surface area contributed by atoms with Crippen LogP contribution in [0.25, 0.3) is 11.3 Å². The number of rotatable bonds is 5. The SMILES string of the molecule is CC(=O)N1c2ccc(-c3cn(C(C)C(=O)O)nn3)cc2[C@H](NC(=O)OC(C)C)C[C@@H]1C. The molecule has 0 aliphatic carbocycles. The summed E-state index contributed by atoms with van der Waals surface area (Å²) in [4.78, 5) is 37.4. The predicted molar refractivity (Wildman–Crippen MR) is 113 cm³/mol. The predicted octanol–water partition coefficient (Wildman–Crippen LogP) is 2.91. The van der Waals surface area contributed by atoms with Crippen LogP contribution in [0.2, 0.25) is 0 Å². The molecule has 2 N–H and O–H groups in total. The Labute approximate surface area is 180 Å². The monoisotopic (exact) mass is 429 g/mol. The molecule has 0 spiro atoms. The van der Waals surface area contributed by atoms with Crippen molar-refractivity contribution in [1.82, 2.24) is 20.3 Å². The number of carbonyl (C=O) groups excluding carboxylic acids is 2. The molecular formula is C21H27N5O5. The van der Waals surface area contributed by atoms with Crippen molar-refractivity contribution in [2.45, 2.75) is 65.3 Å². The summed E-state index contributed by atoms with van der Waals surface area (Å²) in [5, 5.41) is 20.1. The number of nitrogens with one attached hydrogen (secondary N) is 1. The highest BCUT2D eigenvalue weighted by Gasteiger charge is 2.34. The van der Waals surface area contributed by atoms with Crippen LogP contribution in [0, 0.1) is 0 Å². The van der Waals surface area contributed by atoms with Crippen molar-refractivity contribution >= 4 is 23.7 Å². The minimum atomic E-state index is -1.01. The van der Waals surface area contributed by atoms with Crippen LogP contribution in [-0.2, 0) is 14.3 Å². The average molecular weight is 429 g/mol. The Balaban J connectivity index is 2.00. The van der Waals surface area contributed by atoms with Gasteiger partial charge >= 0.3 is 12.1 Å². The van der Waals surface area contributed by atoms with Crippen molar-refractivity contribution < 1.29 is 24.2 Å². The number of hydrogen-bond acceptors (Lipinski definition) is 6. The van der Waals surface area contributed by atoms with Crippen LogP contribution < -0.4 is 10.2 Å². The van der Waals surface area contributed by atoms with Gasteiger partial charge in [0.05, 0.1) is 18.3 Å². The zero-order valence-electron chi connectivity index (χ0n) is 18.2. The number of ether oxygens (including phenoxy) is 1. The average Bonchev–Trinajstić information content (AvgIpc) is 3.16. The lowest BCUT2D eigenvalue weighted by Crippen LogP contribution is -2.45. The molecule has 1 aliphatic heterocycles. The highest BCUT2D eigenvalue weighted by atomic mass is 16.6. The van der Waals surface area contributed by atoms with Gasteiger partial charge in [-0.05, 0) is 51.8 Å². The first-order valence-electron chi connectivity index (χ1n) is 10.1. The second-order valence-corrected chi connectivity index (χ2v) is 8.00. The van der Waals surface area contributed by atoms with Crippen molar-refractivity contribution in [1.29, 1.82) is 0 Å². The molecule has 1 aromatic heterocycles. The molecule has 1 unspecified atom stereocenters. The van der Waals surface area contributed by atoms with Gasteiger partial charge < -0.3 is 20.1 Å². The van der Waals surface area contributed by atoms with Crippen molar-refractivity contribution in [3.05, 3.63) is 30.0 Å². The quantitative estimate of drug-likeness (QED) is 0.748. The Morgan fingerprint density at radius 3 is 2.58 bits per heavy atom. The lowest BCUT2D eigenvalue weighted by atomic mass is 9.90. The lowest BCUT2D eigenvalue weighted by molar-refractivity contribution is -0.140. The Morgan fingerprint density at radius 2 is 1.97 bits per heavy atom. The van der Waals surface area contributed by atoms with Gasteiger partial charge in [-0.25, -0.2) is 14.3 Å². The van der Waals surface area contributed by atoms with Crippen molar-refractivity contribution in [3.8, 4) is 11.3 Å². The topological polar surface area (TPSA) is 127 Å². The van der Waals surface area contributed by atoms with Crippen LogP contribution in [0.15, 0.2) is 24.4 Å². The summed E-state index contributed by atoms with van der Waals surface area (Å²) in [6, 6.07) is 4.13. The largest absolute Gasteiger partial charge is 0.480 e. The van der Waals surface area contributed by atoms with Crippen LogP contribution in [-0.4, -0.2) is 50.2 Å². The molecule has 0 bridgehead atoms. The van der Waals surface area contributed by atoms with Gasteiger partial charge in [-0.3, -0.25) is 4.79 Å². The minimum Gasteiger partial charge on any atom is -0.480 e. The van der Waals surface area contributed by atoms with E-state index in [1.807, 2.05) is 19.1 Å². The number of carbonyl (C=O) groups is 3. The molecule has 2 amide bonds. The normalized spacial score (nSPS) is 19.0. The zero-order chi connectivity index (χ0) is 22.9. The van der Waals surface area contributed by atoms with Crippen molar-refractivity contribution in [2.24, 2.45) is 0 Å². The summed E-state index contributed by atoms with van der Waals surface area (Å²) in [5.41, 5.74) is 2.65. The molecule has 2 heterocycles. The first kappa shape index (κ1) is 22.3.